The molecular formula is C20H17Cl3N2O5. The lowest BCUT2D eigenvalue weighted by Crippen LogP contribution is -2.28. The predicted molar refractivity (Wildman–Crippen MR) is 115 cm³/mol. The largest absolute Gasteiger partial charge is 0.495 e. The molecule has 1 aliphatic rings. The maximum absolute atomic E-state index is 12.4. The number of hydrogen-bond donors (Lipinski definition) is 1. The molecule has 3 rings (SSSR count). The van der Waals surface area contributed by atoms with Gasteiger partial charge >= 0.3 is 5.97 Å². The molecule has 2 amide bonds. The minimum Gasteiger partial charge on any atom is -0.495 e. The van der Waals surface area contributed by atoms with Gasteiger partial charge in [0.25, 0.3) is 5.91 Å². The van der Waals surface area contributed by atoms with Gasteiger partial charge < -0.3 is 19.7 Å². The Labute approximate surface area is 187 Å². The first-order valence-corrected chi connectivity index (χ1v) is 9.97. The Balaban J connectivity index is 1.58. The first-order valence-electron chi connectivity index (χ1n) is 8.84. The SMILES string of the molecule is COc1ccc(Cl)cc1NC(=O)COC(=O)[C@@H]1CC(=O)N(c2cc(Cl)ccc2Cl)C1. The highest BCUT2D eigenvalue weighted by molar-refractivity contribution is 6.36. The van der Waals surface area contributed by atoms with Crippen LogP contribution in [0.15, 0.2) is 36.4 Å². The molecule has 0 radical (unpaired) electrons. The molecule has 1 fully saturated rings. The van der Waals surface area contributed by atoms with Crippen LogP contribution in [0.1, 0.15) is 6.42 Å². The molecule has 0 spiro atoms. The zero-order valence-corrected chi connectivity index (χ0v) is 18.1. The summed E-state index contributed by atoms with van der Waals surface area (Å²) in [6.45, 7) is -0.432. The van der Waals surface area contributed by atoms with Gasteiger partial charge in [0.05, 0.1) is 29.4 Å². The van der Waals surface area contributed by atoms with Gasteiger partial charge in [0.1, 0.15) is 5.75 Å². The number of carbonyl (C=O) groups is 3. The van der Waals surface area contributed by atoms with Crippen molar-refractivity contribution in [1.82, 2.24) is 0 Å². The Morgan fingerprint density at radius 2 is 1.83 bits per heavy atom. The van der Waals surface area contributed by atoms with E-state index in [1.807, 2.05) is 0 Å². The first kappa shape index (κ1) is 22.2. The van der Waals surface area contributed by atoms with Crippen LogP contribution < -0.4 is 15.0 Å². The summed E-state index contributed by atoms with van der Waals surface area (Å²) in [7, 11) is 1.45. The number of rotatable bonds is 6. The van der Waals surface area contributed by atoms with E-state index in [2.05, 4.69) is 5.32 Å². The van der Waals surface area contributed by atoms with Crippen molar-refractivity contribution in [3.8, 4) is 5.75 Å². The average Bonchev–Trinajstić information content (AvgIpc) is 3.09. The van der Waals surface area contributed by atoms with Crippen LogP contribution in [0.25, 0.3) is 0 Å². The van der Waals surface area contributed by atoms with E-state index in [0.29, 0.717) is 32.2 Å². The maximum atomic E-state index is 12.4. The van der Waals surface area contributed by atoms with Crippen LogP contribution in [-0.4, -0.2) is 38.0 Å². The third-order valence-electron chi connectivity index (χ3n) is 4.44. The lowest BCUT2D eigenvalue weighted by Gasteiger charge is -2.18. The number of nitrogens with zero attached hydrogens (tertiary/aromatic N) is 1. The minimum absolute atomic E-state index is 0.0502. The normalized spacial score (nSPS) is 15.8. The highest BCUT2D eigenvalue weighted by atomic mass is 35.5. The van der Waals surface area contributed by atoms with Crippen LogP contribution in [0.3, 0.4) is 0 Å². The topological polar surface area (TPSA) is 84.9 Å². The molecule has 0 aliphatic carbocycles. The molecule has 0 aromatic heterocycles. The van der Waals surface area contributed by atoms with Crippen molar-refractivity contribution >= 4 is 64.0 Å². The smallest absolute Gasteiger partial charge is 0.311 e. The van der Waals surface area contributed by atoms with E-state index in [1.165, 1.54) is 18.1 Å². The lowest BCUT2D eigenvalue weighted by atomic mass is 10.1. The number of hydrogen-bond acceptors (Lipinski definition) is 5. The number of methoxy groups -OCH3 is 1. The van der Waals surface area contributed by atoms with Gasteiger partial charge in [0, 0.05) is 23.0 Å². The molecule has 30 heavy (non-hydrogen) atoms. The quantitative estimate of drug-likeness (QED) is 0.639. The van der Waals surface area contributed by atoms with Crippen LogP contribution in [0.4, 0.5) is 11.4 Å². The van der Waals surface area contributed by atoms with Gasteiger partial charge in [-0.1, -0.05) is 34.8 Å². The van der Waals surface area contributed by atoms with Gasteiger partial charge in [-0.25, -0.2) is 0 Å². The molecule has 0 bridgehead atoms. The van der Waals surface area contributed by atoms with E-state index in [0.717, 1.165) is 0 Å². The van der Waals surface area contributed by atoms with E-state index in [-0.39, 0.29) is 18.9 Å². The molecule has 0 unspecified atom stereocenters. The zero-order chi connectivity index (χ0) is 21.8. The highest BCUT2D eigenvalue weighted by Crippen LogP contribution is 2.34. The molecule has 1 saturated heterocycles. The van der Waals surface area contributed by atoms with E-state index >= 15 is 0 Å². The standard InChI is InChI=1S/C20H17Cl3N2O5/c1-29-17-5-3-12(21)7-15(17)24-18(26)10-30-20(28)11-6-19(27)25(9-11)16-8-13(22)2-4-14(16)23/h2-5,7-8,11H,6,9-10H2,1H3,(H,24,26)/t11-/m1/s1. The molecular weight excluding hydrogens is 455 g/mol. The second kappa shape index (κ2) is 9.55. The maximum Gasteiger partial charge on any atom is 0.311 e. The van der Waals surface area contributed by atoms with Crippen LogP contribution >= 0.6 is 34.8 Å². The summed E-state index contributed by atoms with van der Waals surface area (Å²) in [5.41, 5.74) is 0.777. The molecule has 2 aromatic carbocycles. The van der Waals surface area contributed by atoms with Crippen LogP contribution in [-0.2, 0) is 19.1 Å². The summed E-state index contributed by atoms with van der Waals surface area (Å²) >= 11 is 18.0. The first-order chi connectivity index (χ1) is 14.3. The summed E-state index contributed by atoms with van der Waals surface area (Å²) in [5, 5.41) is 3.74. The number of anilines is 2. The van der Waals surface area contributed by atoms with Crippen LogP contribution in [0.2, 0.25) is 15.1 Å². The number of esters is 1. The van der Waals surface area contributed by atoms with Crippen molar-refractivity contribution < 1.29 is 23.9 Å². The number of amides is 2. The second-order valence-corrected chi connectivity index (χ2v) is 7.78. The molecule has 1 heterocycles. The van der Waals surface area contributed by atoms with E-state index in [4.69, 9.17) is 44.3 Å². The monoisotopic (exact) mass is 470 g/mol. The molecule has 1 atom stereocenters. The number of halogens is 3. The summed E-state index contributed by atoms with van der Waals surface area (Å²) in [6.07, 6.45) is -0.0502. The van der Waals surface area contributed by atoms with E-state index in [9.17, 15) is 14.4 Å². The summed E-state index contributed by atoms with van der Waals surface area (Å²) in [6, 6.07) is 9.47. The number of carbonyl (C=O) groups excluding carboxylic acids is 3. The number of benzene rings is 2. The lowest BCUT2D eigenvalue weighted by molar-refractivity contribution is -0.151. The Morgan fingerprint density at radius 1 is 1.13 bits per heavy atom. The fraction of sp³-hybridized carbons (Fsp3) is 0.250. The fourth-order valence-electron chi connectivity index (χ4n) is 3.01. The van der Waals surface area contributed by atoms with Crippen molar-refractivity contribution in [2.24, 2.45) is 5.92 Å². The number of nitrogens with one attached hydrogen (secondary N) is 1. The van der Waals surface area contributed by atoms with E-state index < -0.39 is 24.4 Å². The van der Waals surface area contributed by atoms with Gasteiger partial charge in [0.15, 0.2) is 6.61 Å². The minimum atomic E-state index is -0.721. The third kappa shape index (κ3) is 5.16. The van der Waals surface area contributed by atoms with Gasteiger partial charge in [-0.2, -0.15) is 0 Å². The number of ether oxygens (including phenoxy) is 2. The molecule has 1 N–H and O–H groups in total. The molecule has 158 valence electrons. The Hall–Kier alpha value is -2.48. The summed E-state index contributed by atoms with van der Waals surface area (Å²) < 4.78 is 10.2. The average molecular weight is 472 g/mol. The predicted octanol–water partition coefficient (Wildman–Crippen LogP) is 4.19. The molecule has 1 aliphatic heterocycles. The van der Waals surface area contributed by atoms with Gasteiger partial charge in [-0.3, -0.25) is 14.4 Å². The van der Waals surface area contributed by atoms with Crippen LogP contribution in [0, 0.1) is 5.92 Å². The molecule has 2 aromatic rings. The van der Waals surface area contributed by atoms with Crippen molar-refractivity contribution in [3.63, 3.8) is 0 Å². The van der Waals surface area contributed by atoms with Crippen LogP contribution in [0.5, 0.6) is 5.75 Å². The second-order valence-electron chi connectivity index (χ2n) is 6.50. The Morgan fingerprint density at radius 3 is 2.57 bits per heavy atom. The third-order valence-corrected chi connectivity index (χ3v) is 5.23. The van der Waals surface area contributed by atoms with Gasteiger partial charge in [0.2, 0.25) is 5.91 Å². The zero-order valence-electron chi connectivity index (χ0n) is 15.8. The van der Waals surface area contributed by atoms with Crippen molar-refractivity contribution in [3.05, 3.63) is 51.5 Å². The van der Waals surface area contributed by atoms with Gasteiger partial charge in [-0.15, -0.1) is 0 Å². The van der Waals surface area contributed by atoms with Crippen molar-refractivity contribution in [2.45, 2.75) is 6.42 Å². The van der Waals surface area contributed by atoms with Gasteiger partial charge in [-0.05, 0) is 36.4 Å². The Kier molecular flexibility index (Phi) is 7.07. The molecule has 7 nitrogen and oxygen atoms in total. The van der Waals surface area contributed by atoms with Crippen molar-refractivity contribution in [2.75, 3.05) is 30.5 Å². The fourth-order valence-corrected chi connectivity index (χ4v) is 3.57. The summed E-state index contributed by atoms with van der Waals surface area (Å²) in [5.74, 6) is -1.81. The summed E-state index contributed by atoms with van der Waals surface area (Å²) in [4.78, 5) is 38.2. The molecule has 0 saturated carbocycles. The van der Waals surface area contributed by atoms with E-state index in [1.54, 1.807) is 30.3 Å². The highest BCUT2D eigenvalue weighted by Gasteiger charge is 2.37. The van der Waals surface area contributed by atoms with Crippen molar-refractivity contribution in [1.29, 1.82) is 0 Å². The Bertz CT molecular complexity index is 998. The molecule has 10 heteroatoms.